The van der Waals surface area contributed by atoms with Gasteiger partial charge in [0.1, 0.15) is 0 Å². The second-order valence-electron chi connectivity index (χ2n) is 18.7. The molecule has 14 rings (SSSR count). The van der Waals surface area contributed by atoms with Gasteiger partial charge in [0.05, 0.1) is 10.8 Å². The normalized spacial score (nSPS) is 16.5. The predicted octanol–water partition coefficient (Wildman–Crippen LogP) is 17.3. The molecule has 12 aromatic carbocycles. The Hall–Kier alpha value is -8.78. The zero-order chi connectivity index (χ0) is 45.5. The Labute approximate surface area is 402 Å². The molecule has 0 spiro atoms. The van der Waals surface area contributed by atoms with Gasteiger partial charge in [-0.05, 0) is 135 Å². The lowest BCUT2D eigenvalue weighted by Crippen LogP contribution is -2.44. The molecule has 0 saturated carbocycles. The molecule has 0 aliphatic heterocycles. The van der Waals surface area contributed by atoms with Gasteiger partial charge in [0.15, 0.2) is 0 Å². The first-order valence-electron chi connectivity index (χ1n) is 24.1. The highest BCUT2D eigenvalue weighted by molar-refractivity contribution is 6.25. The molecule has 322 valence electrons. The van der Waals surface area contributed by atoms with Crippen molar-refractivity contribution in [1.29, 1.82) is 0 Å². The van der Waals surface area contributed by atoms with Crippen LogP contribution in [0.5, 0.6) is 0 Å². The Morgan fingerprint density at radius 1 is 0.232 bits per heavy atom. The largest absolute Gasteiger partial charge is 0.310 e. The molecule has 0 saturated heterocycles. The average molecular weight is 876 g/mol. The van der Waals surface area contributed by atoms with Crippen molar-refractivity contribution < 1.29 is 0 Å². The van der Waals surface area contributed by atoms with Crippen LogP contribution in [-0.4, -0.2) is 0 Å². The van der Waals surface area contributed by atoms with Gasteiger partial charge in [-0.3, -0.25) is 0 Å². The molecular weight excluding hydrogens is 831 g/mol. The van der Waals surface area contributed by atoms with Gasteiger partial charge in [0.25, 0.3) is 0 Å². The van der Waals surface area contributed by atoms with E-state index in [9.17, 15) is 0 Å². The lowest BCUT2D eigenvalue weighted by molar-refractivity contribution is 0.627. The first-order chi connectivity index (χ1) is 34.2. The Balaban J connectivity index is 1.05. The lowest BCUT2D eigenvalue weighted by atomic mass is 9.51. The first kappa shape index (κ1) is 39.4. The molecule has 0 radical (unpaired) electrons. The Morgan fingerprint density at radius 2 is 0.667 bits per heavy atom. The van der Waals surface area contributed by atoms with Crippen LogP contribution in [0.1, 0.15) is 44.5 Å². The minimum atomic E-state index is -0.680. The van der Waals surface area contributed by atoms with Gasteiger partial charge < -0.3 is 4.90 Å². The van der Waals surface area contributed by atoms with E-state index in [1.807, 2.05) is 0 Å². The van der Waals surface area contributed by atoms with Crippen LogP contribution >= 0.6 is 0 Å². The molecule has 0 heterocycles. The number of nitrogens with zero attached hydrogens (tertiary/aromatic N) is 1. The van der Waals surface area contributed by atoms with Crippen molar-refractivity contribution in [3.05, 3.63) is 317 Å². The summed E-state index contributed by atoms with van der Waals surface area (Å²) in [4.78, 5) is 2.47. The van der Waals surface area contributed by atoms with E-state index in [-0.39, 0.29) is 0 Å². The van der Waals surface area contributed by atoms with Gasteiger partial charge in [-0.25, -0.2) is 0 Å². The predicted molar refractivity (Wildman–Crippen MR) is 288 cm³/mol. The monoisotopic (exact) mass is 875 g/mol. The topological polar surface area (TPSA) is 3.24 Å². The molecule has 0 amide bonds. The molecule has 2 aliphatic carbocycles. The van der Waals surface area contributed by atoms with E-state index in [2.05, 4.69) is 278 Å². The van der Waals surface area contributed by atoms with Gasteiger partial charge in [-0.15, -0.1) is 0 Å². The molecule has 2 atom stereocenters. The fourth-order valence-corrected chi connectivity index (χ4v) is 12.6. The molecule has 0 bridgehead atoms. The smallest absolute Gasteiger partial charge is 0.0720 e. The molecule has 0 aromatic heterocycles. The fraction of sp³-hybridized carbons (Fsp3) is 0.0294. The standard InChI is InChI=1S/C68H45N/c1-4-20-46(21-5-1)47-38-40-51(41-39-47)69(53-42-43-58-56-30-11-10-28-54(56)55-29-12-13-31-57(55)61(58)45-53)52-27-18-26-50(44-52)67(48-22-6-2-7-23-48)63-35-16-17-36-64(63)68(49-24-8-3-9-25-49)62-34-15-14-32-59(62)60-33-19-37-65(67)66(60)68/h1-45H. The van der Waals surface area contributed by atoms with E-state index in [1.165, 1.54) is 99.1 Å². The van der Waals surface area contributed by atoms with Crippen molar-refractivity contribution in [3.63, 3.8) is 0 Å². The van der Waals surface area contributed by atoms with Crippen molar-refractivity contribution in [2.75, 3.05) is 4.90 Å². The highest BCUT2D eigenvalue weighted by Crippen LogP contribution is 2.66. The van der Waals surface area contributed by atoms with Crippen LogP contribution in [-0.2, 0) is 10.8 Å². The summed E-state index contributed by atoms with van der Waals surface area (Å²) >= 11 is 0. The van der Waals surface area contributed by atoms with Crippen LogP contribution in [0.4, 0.5) is 17.1 Å². The van der Waals surface area contributed by atoms with E-state index >= 15 is 0 Å². The quantitative estimate of drug-likeness (QED) is 0.144. The molecule has 2 aliphatic rings. The van der Waals surface area contributed by atoms with E-state index in [0.29, 0.717) is 0 Å². The second kappa shape index (κ2) is 15.4. The van der Waals surface area contributed by atoms with Crippen molar-refractivity contribution >= 4 is 49.4 Å². The maximum absolute atomic E-state index is 2.48. The van der Waals surface area contributed by atoms with Crippen molar-refractivity contribution in [2.45, 2.75) is 10.8 Å². The van der Waals surface area contributed by atoms with Crippen LogP contribution in [0.25, 0.3) is 54.6 Å². The van der Waals surface area contributed by atoms with E-state index in [0.717, 1.165) is 17.1 Å². The first-order valence-corrected chi connectivity index (χ1v) is 24.1. The number of fused-ring (bicyclic) bond motifs is 11. The summed E-state index contributed by atoms with van der Waals surface area (Å²) in [5.41, 5.74) is 17.4. The zero-order valence-electron chi connectivity index (χ0n) is 37.9. The molecule has 12 aromatic rings. The van der Waals surface area contributed by atoms with Gasteiger partial charge in [-0.1, -0.05) is 237 Å². The number of hydrogen-bond acceptors (Lipinski definition) is 1. The zero-order valence-corrected chi connectivity index (χ0v) is 37.9. The van der Waals surface area contributed by atoms with Crippen LogP contribution in [0, 0.1) is 0 Å². The number of anilines is 3. The van der Waals surface area contributed by atoms with Gasteiger partial charge in [0, 0.05) is 17.1 Å². The summed E-state index contributed by atoms with van der Waals surface area (Å²) in [5, 5.41) is 7.56. The fourth-order valence-electron chi connectivity index (χ4n) is 12.6. The van der Waals surface area contributed by atoms with Gasteiger partial charge in [0.2, 0.25) is 0 Å². The summed E-state index contributed by atoms with van der Waals surface area (Å²) in [6, 6.07) is 102. The van der Waals surface area contributed by atoms with Gasteiger partial charge in [-0.2, -0.15) is 0 Å². The minimum absolute atomic E-state index is 0.513. The highest BCUT2D eigenvalue weighted by atomic mass is 15.1. The molecule has 1 nitrogen and oxygen atoms in total. The van der Waals surface area contributed by atoms with Crippen molar-refractivity contribution in [3.8, 4) is 22.3 Å². The van der Waals surface area contributed by atoms with Crippen molar-refractivity contribution in [2.24, 2.45) is 0 Å². The maximum atomic E-state index is 2.48. The summed E-state index contributed by atoms with van der Waals surface area (Å²) in [6.45, 7) is 0. The number of rotatable bonds is 7. The van der Waals surface area contributed by atoms with Crippen LogP contribution < -0.4 is 4.90 Å². The number of hydrogen-bond donors (Lipinski definition) is 0. The SMILES string of the molecule is c1ccc(-c2ccc(N(c3cccc(C4(c5ccccc5)c5ccccc5C5(c6ccccc6)c6ccccc6-c6cccc4c65)c3)c3ccc4c5ccccc5c5ccccc5c4c3)cc2)cc1. The second-order valence-corrected chi connectivity index (χ2v) is 18.7. The van der Waals surface area contributed by atoms with Crippen molar-refractivity contribution in [1.82, 2.24) is 0 Å². The summed E-state index contributed by atoms with van der Waals surface area (Å²) in [6.07, 6.45) is 0. The summed E-state index contributed by atoms with van der Waals surface area (Å²) < 4.78 is 0. The Kier molecular flexibility index (Phi) is 8.78. The third-order valence-corrected chi connectivity index (χ3v) is 15.4. The molecule has 2 unspecified atom stereocenters. The summed E-state index contributed by atoms with van der Waals surface area (Å²) in [7, 11) is 0. The molecular formula is C68H45N. The molecule has 0 N–H and O–H groups in total. The van der Waals surface area contributed by atoms with E-state index in [1.54, 1.807) is 0 Å². The number of benzene rings is 12. The third kappa shape index (κ3) is 5.59. The third-order valence-electron chi connectivity index (χ3n) is 15.4. The van der Waals surface area contributed by atoms with E-state index < -0.39 is 10.8 Å². The Bertz CT molecular complexity index is 3910. The molecule has 69 heavy (non-hydrogen) atoms. The maximum Gasteiger partial charge on any atom is 0.0720 e. The lowest BCUT2D eigenvalue weighted by Gasteiger charge is -2.49. The Morgan fingerprint density at radius 3 is 1.33 bits per heavy atom. The van der Waals surface area contributed by atoms with Gasteiger partial charge >= 0.3 is 0 Å². The minimum Gasteiger partial charge on any atom is -0.310 e. The van der Waals surface area contributed by atoms with Crippen LogP contribution in [0.3, 0.4) is 0 Å². The van der Waals surface area contributed by atoms with E-state index in [4.69, 9.17) is 0 Å². The average Bonchev–Trinajstić information content (AvgIpc) is 3.74. The van der Waals surface area contributed by atoms with Crippen LogP contribution in [0.15, 0.2) is 273 Å². The molecule has 0 fully saturated rings. The highest BCUT2D eigenvalue weighted by Gasteiger charge is 2.57. The van der Waals surface area contributed by atoms with Crippen LogP contribution in [0.2, 0.25) is 0 Å². The molecule has 1 heteroatoms. The summed E-state index contributed by atoms with van der Waals surface area (Å²) in [5.74, 6) is 0.